The van der Waals surface area contributed by atoms with E-state index < -0.39 is 11.9 Å². The minimum atomic E-state index is -4.48. The van der Waals surface area contributed by atoms with E-state index in [1.807, 2.05) is 6.07 Å². The SMILES string of the molecule is Cc1nc(C(F)(F)F)ccc1COc1cccc(-c2n[nH]nc2C#N)c1. The number of ether oxygens (including phenoxy) is 1. The number of hydrogen-bond acceptors (Lipinski definition) is 5. The van der Waals surface area contributed by atoms with E-state index in [1.54, 1.807) is 24.3 Å². The van der Waals surface area contributed by atoms with Crippen molar-refractivity contribution < 1.29 is 17.9 Å². The molecule has 1 aromatic carbocycles. The van der Waals surface area contributed by atoms with Gasteiger partial charge in [-0.05, 0) is 25.1 Å². The van der Waals surface area contributed by atoms with E-state index in [4.69, 9.17) is 10.00 Å². The molecule has 9 heteroatoms. The van der Waals surface area contributed by atoms with Gasteiger partial charge < -0.3 is 4.74 Å². The summed E-state index contributed by atoms with van der Waals surface area (Å²) in [5.41, 5.74) is 1.04. The lowest BCUT2D eigenvalue weighted by atomic mass is 10.1. The first kappa shape index (κ1) is 17.4. The lowest BCUT2D eigenvalue weighted by Gasteiger charge is -2.11. The van der Waals surface area contributed by atoms with Crippen LogP contribution in [0.2, 0.25) is 0 Å². The molecule has 0 fully saturated rings. The number of halogens is 3. The molecule has 0 aliphatic heterocycles. The van der Waals surface area contributed by atoms with Crippen molar-refractivity contribution in [3.05, 3.63) is 59.0 Å². The van der Waals surface area contributed by atoms with Gasteiger partial charge in [-0.1, -0.05) is 18.2 Å². The topological polar surface area (TPSA) is 87.5 Å². The fourth-order valence-corrected chi connectivity index (χ4v) is 2.30. The van der Waals surface area contributed by atoms with Gasteiger partial charge in [-0.2, -0.15) is 28.7 Å². The lowest BCUT2D eigenvalue weighted by molar-refractivity contribution is -0.141. The Labute approximate surface area is 146 Å². The molecule has 1 N–H and O–H groups in total. The Kier molecular flexibility index (Phi) is 4.58. The maximum atomic E-state index is 12.7. The second kappa shape index (κ2) is 6.84. The Bertz CT molecular complexity index is 975. The quantitative estimate of drug-likeness (QED) is 0.768. The van der Waals surface area contributed by atoms with Gasteiger partial charge >= 0.3 is 6.18 Å². The number of nitriles is 1. The summed E-state index contributed by atoms with van der Waals surface area (Å²) >= 11 is 0. The summed E-state index contributed by atoms with van der Waals surface area (Å²) in [6, 6.07) is 11.0. The molecule has 0 spiro atoms. The Hall–Kier alpha value is -3.41. The van der Waals surface area contributed by atoms with Crippen LogP contribution in [-0.2, 0) is 12.8 Å². The van der Waals surface area contributed by atoms with E-state index in [0.717, 1.165) is 6.07 Å². The molecule has 0 amide bonds. The molecule has 3 aromatic rings. The summed E-state index contributed by atoms with van der Waals surface area (Å²) in [6.07, 6.45) is -4.48. The number of nitrogens with one attached hydrogen (secondary N) is 1. The molecule has 0 radical (unpaired) electrons. The van der Waals surface area contributed by atoms with Crippen molar-refractivity contribution in [2.45, 2.75) is 19.7 Å². The number of alkyl halides is 3. The zero-order valence-electron chi connectivity index (χ0n) is 13.5. The van der Waals surface area contributed by atoms with Crippen LogP contribution >= 0.6 is 0 Å². The zero-order chi connectivity index (χ0) is 18.7. The Morgan fingerprint density at radius 1 is 1.19 bits per heavy atom. The van der Waals surface area contributed by atoms with E-state index in [-0.39, 0.29) is 18.0 Å². The molecule has 0 aliphatic carbocycles. The molecule has 0 atom stereocenters. The summed E-state index contributed by atoms with van der Waals surface area (Å²) in [4.78, 5) is 3.57. The van der Waals surface area contributed by atoms with Crippen LogP contribution in [0.5, 0.6) is 5.75 Å². The predicted octanol–water partition coefficient (Wildman–Crippen LogP) is 3.64. The normalized spacial score (nSPS) is 11.2. The minimum absolute atomic E-state index is 0.0599. The first-order valence-electron chi connectivity index (χ1n) is 7.46. The first-order valence-corrected chi connectivity index (χ1v) is 7.46. The number of nitrogens with zero attached hydrogens (tertiary/aromatic N) is 4. The molecule has 26 heavy (non-hydrogen) atoms. The van der Waals surface area contributed by atoms with E-state index in [9.17, 15) is 13.2 Å². The van der Waals surface area contributed by atoms with Crippen molar-refractivity contribution in [1.82, 2.24) is 20.4 Å². The van der Waals surface area contributed by atoms with Crippen LogP contribution in [-0.4, -0.2) is 20.4 Å². The average molecular weight is 359 g/mol. The van der Waals surface area contributed by atoms with Gasteiger partial charge in [0.2, 0.25) is 0 Å². The van der Waals surface area contributed by atoms with Crippen molar-refractivity contribution in [2.24, 2.45) is 0 Å². The molecule has 2 heterocycles. The van der Waals surface area contributed by atoms with Crippen LogP contribution in [0.3, 0.4) is 0 Å². The third-order valence-corrected chi connectivity index (χ3v) is 3.64. The summed E-state index contributed by atoms with van der Waals surface area (Å²) in [6.45, 7) is 1.56. The summed E-state index contributed by atoms with van der Waals surface area (Å²) in [5.74, 6) is 0.480. The highest BCUT2D eigenvalue weighted by atomic mass is 19.4. The first-order chi connectivity index (χ1) is 12.4. The van der Waals surface area contributed by atoms with Crippen LogP contribution in [0.1, 0.15) is 22.6 Å². The van der Waals surface area contributed by atoms with Gasteiger partial charge in [0.05, 0.1) is 0 Å². The number of aryl methyl sites for hydroxylation is 1. The van der Waals surface area contributed by atoms with Crippen LogP contribution < -0.4 is 4.74 Å². The fourth-order valence-electron chi connectivity index (χ4n) is 2.30. The van der Waals surface area contributed by atoms with Gasteiger partial charge in [0.15, 0.2) is 5.69 Å². The highest BCUT2D eigenvalue weighted by Crippen LogP contribution is 2.29. The van der Waals surface area contributed by atoms with E-state index in [1.165, 1.54) is 13.0 Å². The molecular weight excluding hydrogens is 347 g/mol. The highest BCUT2D eigenvalue weighted by Gasteiger charge is 2.32. The Morgan fingerprint density at radius 2 is 2.00 bits per heavy atom. The highest BCUT2D eigenvalue weighted by molar-refractivity contribution is 5.65. The summed E-state index contributed by atoms with van der Waals surface area (Å²) in [5, 5.41) is 19.1. The molecule has 0 aliphatic rings. The average Bonchev–Trinajstić information content (AvgIpc) is 3.09. The van der Waals surface area contributed by atoms with E-state index >= 15 is 0 Å². The molecule has 6 nitrogen and oxygen atoms in total. The lowest BCUT2D eigenvalue weighted by Crippen LogP contribution is -2.10. The standard InChI is InChI=1S/C17H12F3N5O/c1-10-12(5-6-15(22-10)17(18,19)20)9-26-13-4-2-3-11(7-13)16-14(8-21)23-25-24-16/h2-7H,9H2,1H3,(H,23,24,25). The molecule has 132 valence electrons. The number of hydrogen-bond donors (Lipinski definition) is 1. The smallest absolute Gasteiger partial charge is 0.433 e. The number of aromatic nitrogens is 4. The van der Waals surface area contributed by atoms with Gasteiger partial charge in [-0.15, -0.1) is 5.10 Å². The predicted molar refractivity (Wildman–Crippen MR) is 84.8 cm³/mol. The minimum Gasteiger partial charge on any atom is -0.489 e. The number of benzene rings is 1. The van der Waals surface area contributed by atoms with Crippen LogP contribution in [0, 0.1) is 18.3 Å². The Balaban J connectivity index is 1.77. The maximum absolute atomic E-state index is 12.7. The van der Waals surface area contributed by atoms with Crippen molar-refractivity contribution >= 4 is 0 Å². The number of H-pyrrole nitrogens is 1. The van der Waals surface area contributed by atoms with Gasteiger partial charge in [-0.3, -0.25) is 0 Å². The van der Waals surface area contributed by atoms with Crippen molar-refractivity contribution in [3.63, 3.8) is 0 Å². The van der Waals surface area contributed by atoms with Gasteiger partial charge in [0, 0.05) is 16.8 Å². The van der Waals surface area contributed by atoms with Gasteiger partial charge in [0.25, 0.3) is 0 Å². The van der Waals surface area contributed by atoms with Crippen molar-refractivity contribution in [2.75, 3.05) is 0 Å². The maximum Gasteiger partial charge on any atom is 0.433 e. The van der Waals surface area contributed by atoms with Crippen LogP contribution in [0.15, 0.2) is 36.4 Å². The summed E-state index contributed by atoms with van der Waals surface area (Å²) in [7, 11) is 0. The Morgan fingerprint density at radius 3 is 2.69 bits per heavy atom. The molecular formula is C17H12F3N5O. The molecule has 2 aromatic heterocycles. The largest absolute Gasteiger partial charge is 0.489 e. The second-order valence-corrected chi connectivity index (χ2v) is 5.39. The van der Waals surface area contributed by atoms with Crippen molar-refractivity contribution in [1.29, 1.82) is 5.26 Å². The molecule has 3 rings (SSSR count). The third-order valence-electron chi connectivity index (χ3n) is 3.64. The molecule has 0 saturated heterocycles. The monoisotopic (exact) mass is 359 g/mol. The number of aromatic amines is 1. The molecule has 0 bridgehead atoms. The zero-order valence-corrected chi connectivity index (χ0v) is 13.5. The second-order valence-electron chi connectivity index (χ2n) is 5.39. The number of rotatable bonds is 4. The third kappa shape index (κ3) is 3.64. The van der Waals surface area contributed by atoms with Crippen LogP contribution in [0.4, 0.5) is 13.2 Å². The van der Waals surface area contributed by atoms with Crippen molar-refractivity contribution in [3.8, 4) is 23.1 Å². The van der Waals surface area contributed by atoms with E-state index in [0.29, 0.717) is 22.6 Å². The van der Waals surface area contributed by atoms with Gasteiger partial charge in [-0.25, -0.2) is 4.98 Å². The fraction of sp³-hybridized carbons (Fsp3) is 0.176. The van der Waals surface area contributed by atoms with Gasteiger partial charge in [0.1, 0.15) is 29.8 Å². The summed E-state index contributed by atoms with van der Waals surface area (Å²) < 4.78 is 43.6. The molecule has 0 saturated carbocycles. The molecule has 0 unspecified atom stereocenters. The van der Waals surface area contributed by atoms with Crippen LogP contribution in [0.25, 0.3) is 11.3 Å². The van der Waals surface area contributed by atoms with E-state index in [2.05, 4.69) is 20.4 Å². The number of pyridine rings is 1.